The van der Waals surface area contributed by atoms with Crippen LogP contribution in [0.15, 0.2) is 24.3 Å². The van der Waals surface area contributed by atoms with Crippen LogP contribution >= 0.6 is 0 Å². The highest BCUT2D eigenvalue weighted by molar-refractivity contribution is 6.60. The molecule has 13 heteroatoms. The van der Waals surface area contributed by atoms with Crippen LogP contribution in [-0.2, 0) is 15.5 Å². The first-order valence-corrected chi connectivity index (χ1v) is 6.60. The van der Waals surface area contributed by atoms with Crippen molar-refractivity contribution in [1.82, 2.24) is 5.48 Å². The molecule has 1 amide bonds. The number of hydrogen-bond donors (Lipinski definition) is 3. The number of halogens is 7. The highest BCUT2D eigenvalue weighted by atomic mass is 19.4. The first-order valence-electron chi connectivity index (χ1n) is 6.60. The van der Waals surface area contributed by atoms with Crippen LogP contribution in [0.5, 0.6) is 0 Å². The van der Waals surface area contributed by atoms with Crippen molar-refractivity contribution < 1.29 is 45.3 Å². The molecule has 0 aliphatic rings. The standard InChI is InChI=1S/C12H12BF7N2O3/c14-10(15,11(16,17)12(18,19)20)7-2-1-3-8(6-7)13(24)25-22-9(23)4-5-21/h1-3,6,24H,4-5,21H2,(H,22,23). The lowest BCUT2D eigenvalue weighted by Crippen LogP contribution is -2.50. The minimum atomic E-state index is -6.49. The van der Waals surface area contributed by atoms with Crippen molar-refractivity contribution in [2.75, 3.05) is 6.54 Å². The number of amides is 1. The summed E-state index contributed by atoms with van der Waals surface area (Å²) in [5.41, 5.74) is 4.50. The van der Waals surface area contributed by atoms with E-state index < -0.39 is 42.1 Å². The van der Waals surface area contributed by atoms with Crippen molar-refractivity contribution in [2.45, 2.75) is 24.4 Å². The summed E-state index contributed by atoms with van der Waals surface area (Å²) in [6.45, 7) is -0.0560. The second-order valence-electron chi connectivity index (χ2n) is 4.81. The number of hydroxylamine groups is 1. The fourth-order valence-corrected chi connectivity index (χ4v) is 1.62. The van der Waals surface area contributed by atoms with Crippen LogP contribution in [0.3, 0.4) is 0 Å². The van der Waals surface area contributed by atoms with Crippen LogP contribution < -0.4 is 16.7 Å². The zero-order chi connectivity index (χ0) is 19.5. The van der Waals surface area contributed by atoms with Crippen LogP contribution in [0.25, 0.3) is 0 Å². The largest absolute Gasteiger partial charge is 0.514 e. The Morgan fingerprint density at radius 2 is 1.80 bits per heavy atom. The Hall–Kier alpha value is -1.86. The molecule has 0 spiro atoms. The van der Waals surface area contributed by atoms with Crippen molar-refractivity contribution in [2.24, 2.45) is 5.73 Å². The van der Waals surface area contributed by atoms with Crippen LogP contribution in [0.1, 0.15) is 12.0 Å². The summed E-state index contributed by atoms with van der Waals surface area (Å²) in [4.78, 5) is 11.1. The van der Waals surface area contributed by atoms with E-state index in [9.17, 15) is 40.6 Å². The Morgan fingerprint density at radius 1 is 1.20 bits per heavy atom. The zero-order valence-corrected chi connectivity index (χ0v) is 12.3. The van der Waals surface area contributed by atoms with Gasteiger partial charge in [-0.05, 0) is 5.46 Å². The van der Waals surface area contributed by atoms with Crippen molar-refractivity contribution in [1.29, 1.82) is 0 Å². The number of carbonyl (C=O) groups is 1. The van der Waals surface area contributed by atoms with Gasteiger partial charge in [0.05, 0.1) is 0 Å². The molecular weight excluding hydrogens is 364 g/mol. The molecule has 0 fully saturated rings. The van der Waals surface area contributed by atoms with E-state index in [1.54, 1.807) is 5.48 Å². The van der Waals surface area contributed by atoms with E-state index in [0.717, 1.165) is 12.1 Å². The summed E-state index contributed by atoms with van der Waals surface area (Å²) in [5, 5.41) is 9.57. The van der Waals surface area contributed by atoms with Gasteiger partial charge in [-0.1, -0.05) is 24.3 Å². The van der Waals surface area contributed by atoms with Gasteiger partial charge in [0.15, 0.2) is 0 Å². The minimum Gasteiger partial charge on any atom is -0.422 e. The van der Waals surface area contributed by atoms with E-state index in [2.05, 4.69) is 4.76 Å². The number of alkyl halides is 7. The molecule has 0 unspecified atom stereocenters. The van der Waals surface area contributed by atoms with Gasteiger partial charge in [0, 0.05) is 18.5 Å². The normalized spacial score (nSPS) is 12.8. The molecule has 0 aliphatic heterocycles. The topological polar surface area (TPSA) is 84.6 Å². The summed E-state index contributed by atoms with van der Waals surface area (Å²) < 4.78 is 94.3. The highest BCUT2D eigenvalue weighted by Gasteiger charge is 2.73. The number of benzene rings is 1. The molecule has 0 radical (unpaired) electrons. The number of rotatable bonds is 7. The Kier molecular flexibility index (Phi) is 6.42. The summed E-state index contributed by atoms with van der Waals surface area (Å²) >= 11 is 0. The van der Waals surface area contributed by atoms with Crippen LogP contribution in [-0.4, -0.2) is 36.7 Å². The second kappa shape index (κ2) is 7.58. The van der Waals surface area contributed by atoms with Crippen molar-refractivity contribution in [3.8, 4) is 0 Å². The molecule has 0 aliphatic carbocycles. The van der Waals surface area contributed by atoms with Crippen molar-refractivity contribution >= 4 is 18.5 Å². The smallest absolute Gasteiger partial charge is 0.422 e. The SMILES string of the molecule is NCCC(=O)NOB(O)c1cccc(C(F)(F)C(F)(F)C(F)(F)F)c1. The molecule has 1 rings (SSSR count). The van der Waals surface area contributed by atoms with E-state index in [-0.39, 0.29) is 19.0 Å². The molecule has 1 aromatic rings. The predicted octanol–water partition coefficient (Wildman–Crippen LogP) is 1.06. The summed E-state index contributed by atoms with van der Waals surface area (Å²) in [5.74, 6) is -12.7. The predicted molar refractivity (Wildman–Crippen MR) is 71.8 cm³/mol. The van der Waals surface area contributed by atoms with Crippen molar-refractivity contribution in [3.05, 3.63) is 29.8 Å². The molecule has 1 aromatic carbocycles. The summed E-state index contributed by atoms with van der Waals surface area (Å²) in [7, 11) is -2.09. The molecular formula is C12H12BF7N2O3. The van der Waals surface area contributed by atoms with Crippen LogP contribution in [0.4, 0.5) is 30.7 Å². The molecule has 0 atom stereocenters. The highest BCUT2D eigenvalue weighted by Crippen LogP contribution is 2.51. The fraction of sp³-hybridized carbons (Fsp3) is 0.417. The van der Waals surface area contributed by atoms with E-state index in [1.165, 1.54) is 0 Å². The molecule has 0 aromatic heterocycles. The average Bonchev–Trinajstić information content (AvgIpc) is 2.51. The molecule has 0 heterocycles. The molecule has 25 heavy (non-hydrogen) atoms. The van der Waals surface area contributed by atoms with Gasteiger partial charge in [0.2, 0.25) is 5.91 Å². The second-order valence-corrected chi connectivity index (χ2v) is 4.81. The Balaban J connectivity index is 3.02. The summed E-state index contributed by atoms with van der Waals surface area (Å²) in [6.07, 6.45) is -6.68. The van der Waals surface area contributed by atoms with Crippen molar-refractivity contribution in [3.63, 3.8) is 0 Å². The van der Waals surface area contributed by atoms with Gasteiger partial charge >= 0.3 is 25.1 Å². The summed E-state index contributed by atoms with van der Waals surface area (Å²) in [6, 6.07) is 2.19. The van der Waals surface area contributed by atoms with Gasteiger partial charge < -0.3 is 10.8 Å². The van der Waals surface area contributed by atoms with E-state index in [4.69, 9.17) is 5.73 Å². The Morgan fingerprint density at radius 3 is 2.32 bits per heavy atom. The monoisotopic (exact) mass is 376 g/mol. The molecule has 0 saturated carbocycles. The molecule has 4 N–H and O–H groups in total. The quantitative estimate of drug-likeness (QED) is 0.378. The van der Waals surface area contributed by atoms with Gasteiger partial charge in [-0.3, -0.25) is 9.55 Å². The van der Waals surface area contributed by atoms with Crippen LogP contribution in [0.2, 0.25) is 0 Å². The van der Waals surface area contributed by atoms with Crippen LogP contribution in [0, 0.1) is 0 Å². The molecule has 140 valence electrons. The number of hydrogen-bond acceptors (Lipinski definition) is 4. The molecule has 0 bridgehead atoms. The maximum Gasteiger partial charge on any atom is 0.514 e. The van der Waals surface area contributed by atoms with Gasteiger partial charge in [0.25, 0.3) is 0 Å². The molecule has 0 saturated heterocycles. The Labute approximate surface area is 137 Å². The van der Waals surface area contributed by atoms with E-state index in [1.807, 2.05) is 0 Å². The average molecular weight is 376 g/mol. The van der Waals surface area contributed by atoms with Gasteiger partial charge in [-0.25, -0.2) is 5.48 Å². The number of carbonyl (C=O) groups excluding carboxylic acids is 1. The third-order valence-electron chi connectivity index (χ3n) is 2.94. The van der Waals surface area contributed by atoms with Gasteiger partial charge in [0.1, 0.15) is 0 Å². The maximum atomic E-state index is 13.6. The lowest BCUT2D eigenvalue weighted by Gasteiger charge is -2.28. The Bertz CT molecular complexity index is 613. The lowest BCUT2D eigenvalue weighted by atomic mass is 9.78. The first kappa shape index (κ1) is 21.2. The molecule has 5 nitrogen and oxygen atoms in total. The lowest BCUT2D eigenvalue weighted by molar-refractivity contribution is -0.359. The zero-order valence-electron chi connectivity index (χ0n) is 12.3. The fourth-order valence-electron chi connectivity index (χ4n) is 1.62. The van der Waals surface area contributed by atoms with Gasteiger partial charge in [-0.15, -0.1) is 0 Å². The third kappa shape index (κ3) is 4.61. The number of nitrogens with one attached hydrogen (secondary N) is 1. The first-order chi connectivity index (χ1) is 11.3. The number of nitrogens with two attached hydrogens (primary N) is 1. The third-order valence-corrected chi connectivity index (χ3v) is 2.94. The minimum absolute atomic E-state index is 0.0560. The van der Waals surface area contributed by atoms with Gasteiger partial charge in [-0.2, -0.15) is 30.7 Å². The van der Waals surface area contributed by atoms with E-state index >= 15 is 0 Å². The van der Waals surface area contributed by atoms with E-state index in [0.29, 0.717) is 6.07 Å². The maximum absolute atomic E-state index is 13.6.